The lowest BCUT2D eigenvalue weighted by Gasteiger charge is -2.16. The minimum Gasteiger partial charge on any atom is -0.320 e. The van der Waals surface area contributed by atoms with Gasteiger partial charge < -0.3 is 5.73 Å². The number of rotatable bonds is 2. The zero-order valence-electron chi connectivity index (χ0n) is 9.13. The molecule has 0 fully saturated rings. The number of hydrogen-bond donors (Lipinski definition) is 1. The average Bonchev–Trinajstić information content (AvgIpc) is 2.31. The summed E-state index contributed by atoms with van der Waals surface area (Å²) in [6, 6.07) is 8.52. The van der Waals surface area contributed by atoms with E-state index in [1.54, 1.807) is 24.3 Å². The van der Waals surface area contributed by atoms with Gasteiger partial charge in [0.15, 0.2) is 0 Å². The van der Waals surface area contributed by atoms with Crippen LogP contribution in [-0.4, -0.2) is 0 Å². The molecule has 0 heterocycles. The van der Waals surface area contributed by atoms with Crippen molar-refractivity contribution in [1.29, 1.82) is 0 Å². The van der Waals surface area contributed by atoms with E-state index in [1.807, 2.05) is 0 Å². The minimum atomic E-state index is -0.552. The minimum absolute atomic E-state index is 0.263. The van der Waals surface area contributed by atoms with Crippen LogP contribution in [0.2, 0.25) is 15.1 Å². The number of hydrogen-bond acceptors (Lipinski definition) is 1. The third-order valence-electron chi connectivity index (χ3n) is 2.59. The molecule has 0 aliphatic carbocycles. The van der Waals surface area contributed by atoms with Gasteiger partial charge in [0, 0.05) is 15.1 Å². The molecule has 0 saturated heterocycles. The van der Waals surface area contributed by atoms with Crippen molar-refractivity contribution in [2.45, 2.75) is 6.04 Å². The van der Waals surface area contributed by atoms with Gasteiger partial charge in [0.2, 0.25) is 0 Å². The van der Waals surface area contributed by atoms with E-state index in [4.69, 9.17) is 40.5 Å². The normalized spacial score (nSPS) is 12.5. The summed E-state index contributed by atoms with van der Waals surface area (Å²) in [5, 5.41) is 1.29. The molecule has 1 nitrogen and oxygen atoms in total. The average molecular weight is 305 g/mol. The molecule has 2 aromatic carbocycles. The van der Waals surface area contributed by atoms with Gasteiger partial charge in [-0.1, -0.05) is 40.9 Å². The van der Waals surface area contributed by atoms with Crippen LogP contribution in [0.5, 0.6) is 0 Å². The van der Waals surface area contributed by atoms with Crippen molar-refractivity contribution in [3.05, 3.63) is 68.4 Å². The first-order valence-electron chi connectivity index (χ1n) is 5.14. The first kappa shape index (κ1) is 13.6. The summed E-state index contributed by atoms with van der Waals surface area (Å²) < 4.78 is 13.0. The second-order valence-electron chi connectivity index (χ2n) is 3.81. The van der Waals surface area contributed by atoms with Gasteiger partial charge in [0.05, 0.1) is 6.04 Å². The molecule has 0 aliphatic rings. The van der Waals surface area contributed by atoms with Crippen LogP contribution in [0, 0.1) is 5.82 Å². The smallest absolute Gasteiger partial charge is 0.124 e. The molecular formula is C13H9Cl3FN. The Labute approximate surface area is 119 Å². The molecule has 0 spiro atoms. The lowest BCUT2D eigenvalue weighted by molar-refractivity contribution is 0.626. The monoisotopic (exact) mass is 303 g/mol. The van der Waals surface area contributed by atoms with E-state index in [2.05, 4.69) is 0 Å². The van der Waals surface area contributed by atoms with Crippen LogP contribution in [-0.2, 0) is 0 Å². The summed E-state index contributed by atoms with van der Waals surface area (Å²) in [5.74, 6) is -0.409. The maximum absolute atomic E-state index is 13.0. The highest BCUT2D eigenvalue weighted by Crippen LogP contribution is 2.32. The fraction of sp³-hybridized carbons (Fsp3) is 0.0769. The van der Waals surface area contributed by atoms with Crippen LogP contribution < -0.4 is 5.73 Å². The predicted molar refractivity (Wildman–Crippen MR) is 73.9 cm³/mol. The zero-order chi connectivity index (χ0) is 13.3. The highest BCUT2D eigenvalue weighted by atomic mass is 35.5. The predicted octanol–water partition coefficient (Wildman–Crippen LogP) is 4.83. The second-order valence-corrected chi connectivity index (χ2v) is 5.06. The summed E-state index contributed by atoms with van der Waals surface area (Å²) in [7, 11) is 0. The van der Waals surface area contributed by atoms with Crippen LogP contribution in [0.15, 0.2) is 36.4 Å². The Bertz CT molecular complexity index is 586. The van der Waals surface area contributed by atoms with E-state index < -0.39 is 11.9 Å². The maximum atomic E-state index is 13.0. The molecule has 0 aliphatic heterocycles. The molecule has 5 heteroatoms. The quantitative estimate of drug-likeness (QED) is 0.844. The number of nitrogens with two attached hydrogens (primary N) is 1. The molecule has 2 aromatic rings. The van der Waals surface area contributed by atoms with Gasteiger partial charge in [-0.2, -0.15) is 0 Å². The van der Waals surface area contributed by atoms with E-state index in [0.717, 1.165) is 0 Å². The molecule has 1 unspecified atom stereocenters. The van der Waals surface area contributed by atoms with Crippen molar-refractivity contribution in [3.63, 3.8) is 0 Å². The molecule has 2 N–H and O–H groups in total. The van der Waals surface area contributed by atoms with Crippen molar-refractivity contribution in [2.24, 2.45) is 5.73 Å². The molecule has 0 aromatic heterocycles. The van der Waals surface area contributed by atoms with Crippen molar-refractivity contribution < 1.29 is 4.39 Å². The van der Waals surface area contributed by atoms with Gasteiger partial charge >= 0.3 is 0 Å². The highest BCUT2D eigenvalue weighted by molar-refractivity contribution is 6.34. The summed E-state index contributed by atoms with van der Waals surface area (Å²) in [6.45, 7) is 0. The standard InChI is InChI=1S/C13H9Cl3FN/c14-7-1-4-11(15)10(5-7)13(18)9-3-2-8(17)6-12(9)16/h1-6,13H,18H2. The summed E-state index contributed by atoms with van der Waals surface area (Å²) in [5.41, 5.74) is 7.34. The van der Waals surface area contributed by atoms with Gasteiger partial charge in [0.25, 0.3) is 0 Å². The van der Waals surface area contributed by atoms with Crippen LogP contribution >= 0.6 is 34.8 Å². The fourth-order valence-corrected chi connectivity index (χ4v) is 2.37. The van der Waals surface area contributed by atoms with Crippen LogP contribution in [0.3, 0.4) is 0 Å². The van der Waals surface area contributed by atoms with Crippen molar-refractivity contribution in [2.75, 3.05) is 0 Å². The maximum Gasteiger partial charge on any atom is 0.124 e. The van der Waals surface area contributed by atoms with E-state index >= 15 is 0 Å². The fourth-order valence-electron chi connectivity index (χ4n) is 1.67. The van der Waals surface area contributed by atoms with Gasteiger partial charge in [-0.25, -0.2) is 4.39 Å². The van der Waals surface area contributed by atoms with Gasteiger partial charge in [-0.15, -0.1) is 0 Å². The molecule has 0 radical (unpaired) electrons. The van der Waals surface area contributed by atoms with E-state index in [0.29, 0.717) is 21.2 Å². The Balaban J connectivity index is 2.47. The molecule has 0 bridgehead atoms. The molecule has 0 amide bonds. The van der Waals surface area contributed by atoms with Crippen molar-refractivity contribution in [3.8, 4) is 0 Å². The largest absolute Gasteiger partial charge is 0.320 e. The Morgan fingerprint density at radius 3 is 2.28 bits per heavy atom. The third kappa shape index (κ3) is 2.78. The highest BCUT2D eigenvalue weighted by Gasteiger charge is 2.16. The summed E-state index contributed by atoms with van der Waals surface area (Å²) in [4.78, 5) is 0. The van der Waals surface area contributed by atoms with Gasteiger partial charge in [-0.05, 0) is 41.5 Å². The molecule has 94 valence electrons. The summed E-state index contributed by atoms with van der Waals surface area (Å²) in [6.07, 6.45) is 0. The van der Waals surface area contributed by atoms with E-state index in [-0.39, 0.29) is 5.02 Å². The van der Waals surface area contributed by atoms with Gasteiger partial charge in [0.1, 0.15) is 5.82 Å². The lowest BCUT2D eigenvalue weighted by atomic mass is 9.99. The summed E-state index contributed by atoms with van der Waals surface area (Å²) >= 11 is 17.9. The van der Waals surface area contributed by atoms with E-state index in [9.17, 15) is 4.39 Å². The molecule has 0 saturated carbocycles. The van der Waals surface area contributed by atoms with Crippen molar-refractivity contribution >= 4 is 34.8 Å². The third-order valence-corrected chi connectivity index (χ3v) is 3.50. The molecule has 18 heavy (non-hydrogen) atoms. The Hall–Kier alpha value is -0.800. The van der Waals surface area contributed by atoms with Crippen LogP contribution in [0.1, 0.15) is 17.2 Å². The topological polar surface area (TPSA) is 26.0 Å². The molecule has 2 rings (SSSR count). The van der Waals surface area contributed by atoms with Crippen LogP contribution in [0.4, 0.5) is 4.39 Å². The Morgan fingerprint density at radius 2 is 1.61 bits per heavy atom. The van der Waals surface area contributed by atoms with Crippen LogP contribution in [0.25, 0.3) is 0 Å². The van der Waals surface area contributed by atoms with E-state index in [1.165, 1.54) is 12.1 Å². The van der Waals surface area contributed by atoms with Gasteiger partial charge in [-0.3, -0.25) is 0 Å². The van der Waals surface area contributed by atoms with Crippen molar-refractivity contribution in [1.82, 2.24) is 0 Å². The Kier molecular flexibility index (Phi) is 4.13. The molecule has 1 atom stereocenters. The Morgan fingerprint density at radius 1 is 0.889 bits per heavy atom. The first-order valence-corrected chi connectivity index (χ1v) is 6.28. The lowest BCUT2D eigenvalue weighted by Crippen LogP contribution is -2.13. The SMILES string of the molecule is NC(c1ccc(F)cc1Cl)c1cc(Cl)ccc1Cl. The number of halogens is 4. The second kappa shape index (κ2) is 5.45. The molecular weight excluding hydrogens is 296 g/mol. The zero-order valence-corrected chi connectivity index (χ0v) is 11.4. The first-order chi connectivity index (χ1) is 8.49. The number of benzene rings is 2.